The van der Waals surface area contributed by atoms with Gasteiger partial charge in [-0.15, -0.1) is 0 Å². The predicted molar refractivity (Wildman–Crippen MR) is 62.5 cm³/mol. The van der Waals surface area contributed by atoms with Gasteiger partial charge in [0, 0.05) is 6.54 Å². The summed E-state index contributed by atoms with van der Waals surface area (Å²) in [6.45, 7) is 6.51. The van der Waals surface area contributed by atoms with Gasteiger partial charge in [-0.05, 0) is 33.6 Å². The van der Waals surface area contributed by atoms with Crippen LogP contribution in [-0.4, -0.2) is 48.7 Å². The van der Waals surface area contributed by atoms with Crippen molar-refractivity contribution in [1.29, 1.82) is 0 Å². The molecule has 1 saturated heterocycles. The van der Waals surface area contributed by atoms with Gasteiger partial charge < -0.3 is 14.4 Å². The maximum atomic E-state index is 11.9. The average molecular weight is 243 g/mol. The third-order valence-electron chi connectivity index (χ3n) is 2.67. The van der Waals surface area contributed by atoms with Crippen molar-refractivity contribution in [3.63, 3.8) is 0 Å². The van der Waals surface area contributed by atoms with Crippen LogP contribution < -0.4 is 0 Å². The lowest BCUT2D eigenvalue weighted by Gasteiger charge is -2.23. The molecule has 0 saturated carbocycles. The molecule has 0 aromatic rings. The molecule has 1 amide bonds. The van der Waals surface area contributed by atoms with Crippen molar-refractivity contribution in [2.75, 3.05) is 19.8 Å². The Kier molecular flexibility index (Phi) is 5.41. The SMILES string of the molecule is CCOC(=O)C1CCCN1C(=O)COC(C)C. The lowest BCUT2D eigenvalue weighted by Crippen LogP contribution is -2.43. The van der Waals surface area contributed by atoms with Crippen LogP contribution in [-0.2, 0) is 19.1 Å². The number of hydrogen-bond acceptors (Lipinski definition) is 4. The van der Waals surface area contributed by atoms with Crippen LogP contribution in [0.15, 0.2) is 0 Å². The first-order chi connectivity index (χ1) is 8.06. The van der Waals surface area contributed by atoms with Crippen LogP contribution in [0.5, 0.6) is 0 Å². The molecule has 1 unspecified atom stereocenters. The highest BCUT2D eigenvalue weighted by Gasteiger charge is 2.34. The van der Waals surface area contributed by atoms with Crippen LogP contribution >= 0.6 is 0 Å². The van der Waals surface area contributed by atoms with E-state index in [1.165, 1.54) is 0 Å². The molecule has 0 aromatic heterocycles. The third-order valence-corrected chi connectivity index (χ3v) is 2.67. The number of ether oxygens (including phenoxy) is 2. The third kappa shape index (κ3) is 4.00. The predicted octanol–water partition coefficient (Wildman–Crippen LogP) is 0.965. The van der Waals surface area contributed by atoms with Crippen LogP contribution in [0.1, 0.15) is 33.6 Å². The van der Waals surface area contributed by atoms with Crippen LogP contribution in [0.2, 0.25) is 0 Å². The van der Waals surface area contributed by atoms with Gasteiger partial charge in [-0.25, -0.2) is 4.79 Å². The number of carbonyl (C=O) groups is 2. The molecule has 0 N–H and O–H groups in total. The molecule has 17 heavy (non-hydrogen) atoms. The standard InChI is InChI=1S/C12H21NO4/c1-4-16-12(15)10-6-5-7-13(10)11(14)8-17-9(2)3/h9-10H,4-8H2,1-3H3. The maximum Gasteiger partial charge on any atom is 0.328 e. The highest BCUT2D eigenvalue weighted by atomic mass is 16.5. The number of carbonyl (C=O) groups excluding carboxylic acids is 2. The lowest BCUT2D eigenvalue weighted by molar-refractivity contribution is -0.154. The fourth-order valence-corrected chi connectivity index (χ4v) is 1.87. The summed E-state index contributed by atoms with van der Waals surface area (Å²) in [6, 6.07) is -0.418. The van der Waals surface area contributed by atoms with Gasteiger partial charge in [0.1, 0.15) is 12.6 Å². The van der Waals surface area contributed by atoms with E-state index in [1.807, 2.05) is 13.8 Å². The molecule has 1 aliphatic rings. The molecular formula is C12H21NO4. The number of esters is 1. The monoisotopic (exact) mass is 243 g/mol. The molecular weight excluding hydrogens is 222 g/mol. The zero-order valence-corrected chi connectivity index (χ0v) is 10.8. The number of amides is 1. The highest BCUT2D eigenvalue weighted by molar-refractivity contribution is 5.85. The van der Waals surface area contributed by atoms with Gasteiger partial charge in [-0.3, -0.25) is 4.79 Å². The normalized spacial score (nSPS) is 19.8. The number of likely N-dealkylation sites (tertiary alicyclic amines) is 1. The molecule has 5 heteroatoms. The molecule has 1 aliphatic heterocycles. The zero-order chi connectivity index (χ0) is 12.8. The van der Waals surface area contributed by atoms with Gasteiger partial charge in [0.05, 0.1) is 12.7 Å². The Balaban J connectivity index is 2.50. The van der Waals surface area contributed by atoms with Gasteiger partial charge in [-0.2, -0.15) is 0 Å². The van der Waals surface area contributed by atoms with E-state index in [9.17, 15) is 9.59 Å². The summed E-state index contributed by atoms with van der Waals surface area (Å²) < 4.78 is 10.2. The highest BCUT2D eigenvalue weighted by Crippen LogP contribution is 2.18. The van der Waals surface area contributed by atoms with Crippen molar-refractivity contribution in [2.24, 2.45) is 0 Å². The van der Waals surface area contributed by atoms with Crippen LogP contribution in [0.25, 0.3) is 0 Å². The second-order valence-electron chi connectivity index (χ2n) is 4.36. The van der Waals surface area contributed by atoms with Gasteiger partial charge in [-0.1, -0.05) is 0 Å². The van der Waals surface area contributed by atoms with Crippen molar-refractivity contribution < 1.29 is 19.1 Å². The fraction of sp³-hybridized carbons (Fsp3) is 0.833. The van der Waals surface area contributed by atoms with Crippen molar-refractivity contribution in [3.05, 3.63) is 0 Å². The topological polar surface area (TPSA) is 55.8 Å². The first-order valence-corrected chi connectivity index (χ1v) is 6.14. The second-order valence-corrected chi connectivity index (χ2v) is 4.36. The Morgan fingerprint density at radius 3 is 2.71 bits per heavy atom. The molecule has 0 radical (unpaired) electrons. The molecule has 1 heterocycles. The summed E-state index contributed by atoms with van der Waals surface area (Å²) in [5.74, 6) is -0.433. The summed E-state index contributed by atoms with van der Waals surface area (Å²) >= 11 is 0. The Morgan fingerprint density at radius 1 is 1.41 bits per heavy atom. The summed E-state index contributed by atoms with van der Waals surface area (Å²) in [4.78, 5) is 25.1. The van der Waals surface area contributed by atoms with Crippen molar-refractivity contribution in [3.8, 4) is 0 Å². The smallest absolute Gasteiger partial charge is 0.328 e. The molecule has 1 atom stereocenters. The largest absolute Gasteiger partial charge is 0.464 e. The molecule has 0 aliphatic carbocycles. The van der Waals surface area contributed by atoms with E-state index in [-0.39, 0.29) is 24.6 Å². The number of hydrogen-bond donors (Lipinski definition) is 0. The molecule has 0 aromatic carbocycles. The first-order valence-electron chi connectivity index (χ1n) is 6.14. The zero-order valence-electron chi connectivity index (χ0n) is 10.8. The van der Waals surface area contributed by atoms with Gasteiger partial charge in [0.2, 0.25) is 5.91 Å². The minimum absolute atomic E-state index is 0.0163. The van der Waals surface area contributed by atoms with Gasteiger partial charge in [0.15, 0.2) is 0 Å². The van der Waals surface area contributed by atoms with Crippen molar-refractivity contribution >= 4 is 11.9 Å². The van der Waals surface area contributed by atoms with E-state index in [4.69, 9.17) is 9.47 Å². The van der Waals surface area contributed by atoms with E-state index in [2.05, 4.69) is 0 Å². The summed E-state index contributed by atoms with van der Waals surface area (Å²) in [6.07, 6.45) is 1.55. The minimum atomic E-state index is -0.418. The Labute approximate surface area is 102 Å². The van der Waals surface area contributed by atoms with E-state index < -0.39 is 6.04 Å². The molecule has 0 bridgehead atoms. The van der Waals surface area contributed by atoms with E-state index in [1.54, 1.807) is 11.8 Å². The lowest BCUT2D eigenvalue weighted by atomic mass is 10.2. The van der Waals surface area contributed by atoms with Gasteiger partial charge in [0.25, 0.3) is 0 Å². The van der Waals surface area contributed by atoms with Crippen LogP contribution in [0, 0.1) is 0 Å². The Hall–Kier alpha value is -1.10. The van der Waals surface area contributed by atoms with E-state index >= 15 is 0 Å². The molecule has 1 rings (SSSR count). The van der Waals surface area contributed by atoms with Crippen molar-refractivity contribution in [1.82, 2.24) is 4.90 Å². The Bertz CT molecular complexity index is 278. The molecule has 5 nitrogen and oxygen atoms in total. The van der Waals surface area contributed by atoms with Crippen molar-refractivity contribution in [2.45, 2.75) is 45.8 Å². The number of rotatable bonds is 5. The van der Waals surface area contributed by atoms with Crippen LogP contribution in [0.3, 0.4) is 0 Å². The minimum Gasteiger partial charge on any atom is -0.464 e. The Morgan fingerprint density at radius 2 is 2.12 bits per heavy atom. The van der Waals surface area contributed by atoms with E-state index in [0.29, 0.717) is 19.6 Å². The van der Waals surface area contributed by atoms with Gasteiger partial charge >= 0.3 is 5.97 Å². The molecule has 1 fully saturated rings. The van der Waals surface area contributed by atoms with Crippen LogP contribution in [0.4, 0.5) is 0 Å². The summed E-state index contributed by atoms with van der Waals surface area (Å²) in [5, 5.41) is 0. The second kappa shape index (κ2) is 6.59. The first kappa shape index (κ1) is 14.0. The average Bonchev–Trinajstić information content (AvgIpc) is 2.75. The fourth-order valence-electron chi connectivity index (χ4n) is 1.87. The molecule has 0 spiro atoms. The molecule has 98 valence electrons. The number of nitrogens with zero attached hydrogens (tertiary/aromatic N) is 1. The summed E-state index contributed by atoms with van der Waals surface area (Å²) in [7, 11) is 0. The maximum absolute atomic E-state index is 11.9. The summed E-state index contributed by atoms with van der Waals surface area (Å²) in [5.41, 5.74) is 0. The van der Waals surface area contributed by atoms with E-state index in [0.717, 1.165) is 6.42 Å². The quantitative estimate of drug-likeness (QED) is 0.675.